The number of rotatable bonds is 7. The van der Waals surface area contributed by atoms with E-state index in [1.54, 1.807) is 0 Å². The highest BCUT2D eigenvalue weighted by molar-refractivity contribution is 7.89. The third-order valence-corrected chi connectivity index (χ3v) is 7.49. The number of hydrogen-bond donors (Lipinski definition) is 3. The number of fused-ring (bicyclic) bond motifs is 3. The number of pyridine rings is 1. The summed E-state index contributed by atoms with van der Waals surface area (Å²) in [5.74, 6) is 0.636. The quantitative estimate of drug-likeness (QED) is 0.606. The summed E-state index contributed by atoms with van der Waals surface area (Å²) >= 11 is 0. The molecule has 2 aliphatic carbocycles. The number of sulfonamides is 1. The lowest BCUT2D eigenvalue weighted by Gasteiger charge is -2.29. The van der Waals surface area contributed by atoms with Gasteiger partial charge in [0.15, 0.2) is 0 Å². The van der Waals surface area contributed by atoms with Crippen molar-refractivity contribution in [3.63, 3.8) is 0 Å². The number of nitrogens with one attached hydrogen (secondary N) is 3. The van der Waals surface area contributed by atoms with Gasteiger partial charge in [-0.25, -0.2) is 17.9 Å². The van der Waals surface area contributed by atoms with E-state index in [1.165, 1.54) is 0 Å². The summed E-state index contributed by atoms with van der Waals surface area (Å²) in [7, 11) is -3.66. The maximum atomic E-state index is 13.3. The first-order valence-electron chi connectivity index (χ1n) is 11.3. The van der Waals surface area contributed by atoms with Crippen LogP contribution in [0, 0.1) is 5.92 Å². The van der Waals surface area contributed by atoms with Crippen LogP contribution in [0.3, 0.4) is 0 Å². The molecule has 8 heteroatoms. The summed E-state index contributed by atoms with van der Waals surface area (Å²) in [6.07, 6.45) is 6.51. The van der Waals surface area contributed by atoms with E-state index >= 15 is 0 Å². The number of benzene rings is 1. The monoisotopic (exact) mass is 444 g/mol. The first-order chi connectivity index (χ1) is 14.8. The average Bonchev–Trinajstić information content (AvgIpc) is 3.57. The average molecular weight is 445 g/mol. The SMILES string of the molecule is CCNC(=O)NC1CCCc2cc(S(=O)(=O)NCC(C)C)c3cc(C4CC4)ncc3c21. The Morgan fingerprint density at radius 3 is 2.65 bits per heavy atom. The molecule has 1 aromatic heterocycles. The lowest BCUT2D eigenvalue weighted by atomic mass is 9.84. The lowest BCUT2D eigenvalue weighted by Crippen LogP contribution is -2.39. The Balaban J connectivity index is 1.85. The van der Waals surface area contributed by atoms with Crippen molar-refractivity contribution in [1.82, 2.24) is 20.3 Å². The summed E-state index contributed by atoms with van der Waals surface area (Å²) < 4.78 is 29.3. The summed E-state index contributed by atoms with van der Waals surface area (Å²) in [4.78, 5) is 17.2. The summed E-state index contributed by atoms with van der Waals surface area (Å²) in [6, 6.07) is 3.41. The molecule has 7 nitrogen and oxygen atoms in total. The molecule has 1 heterocycles. The summed E-state index contributed by atoms with van der Waals surface area (Å²) in [5.41, 5.74) is 2.94. The van der Waals surface area contributed by atoms with E-state index < -0.39 is 10.0 Å². The van der Waals surface area contributed by atoms with Crippen molar-refractivity contribution in [3.8, 4) is 0 Å². The van der Waals surface area contributed by atoms with E-state index in [2.05, 4.69) is 20.3 Å². The third kappa shape index (κ3) is 4.70. The van der Waals surface area contributed by atoms with Crippen molar-refractivity contribution in [1.29, 1.82) is 0 Å². The van der Waals surface area contributed by atoms with Gasteiger partial charge in [-0.15, -0.1) is 0 Å². The van der Waals surface area contributed by atoms with Crippen molar-refractivity contribution in [3.05, 3.63) is 35.2 Å². The second kappa shape index (κ2) is 8.74. The highest BCUT2D eigenvalue weighted by Gasteiger charge is 2.31. The van der Waals surface area contributed by atoms with Crippen LogP contribution in [0.4, 0.5) is 4.79 Å². The molecule has 0 bridgehead atoms. The minimum atomic E-state index is -3.66. The Kier molecular flexibility index (Phi) is 6.21. The van der Waals surface area contributed by atoms with Crippen molar-refractivity contribution < 1.29 is 13.2 Å². The summed E-state index contributed by atoms with van der Waals surface area (Å²) in [5, 5.41) is 7.40. The molecule has 2 amide bonds. The minimum absolute atomic E-state index is 0.160. The van der Waals surface area contributed by atoms with Crippen LogP contribution in [0.25, 0.3) is 10.8 Å². The molecule has 2 aromatic rings. The van der Waals surface area contributed by atoms with Crippen LogP contribution in [0.15, 0.2) is 23.2 Å². The van der Waals surface area contributed by atoms with Crippen LogP contribution < -0.4 is 15.4 Å². The number of urea groups is 1. The van der Waals surface area contributed by atoms with Crippen molar-refractivity contribution in [2.75, 3.05) is 13.1 Å². The zero-order chi connectivity index (χ0) is 22.2. The first kappa shape index (κ1) is 22.0. The van der Waals surface area contributed by atoms with Crippen LogP contribution in [-0.2, 0) is 16.4 Å². The number of amides is 2. The Bertz CT molecular complexity index is 1090. The Morgan fingerprint density at radius 1 is 1.19 bits per heavy atom. The number of aromatic nitrogens is 1. The van der Waals surface area contributed by atoms with Gasteiger partial charge in [-0.05, 0) is 68.2 Å². The maximum Gasteiger partial charge on any atom is 0.315 e. The first-order valence-corrected chi connectivity index (χ1v) is 12.8. The van der Waals surface area contributed by atoms with Gasteiger partial charge < -0.3 is 10.6 Å². The van der Waals surface area contributed by atoms with Gasteiger partial charge in [0.05, 0.1) is 10.9 Å². The molecule has 0 saturated heterocycles. The van der Waals surface area contributed by atoms with Crippen LogP contribution in [-0.4, -0.2) is 32.5 Å². The zero-order valence-corrected chi connectivity index (χ0v) is 19.3. The molecule has 0 radical (unpaired) electrons. The predicted molar refractivity (Wildman–Crippen MR) is 122 cm³/mol. The molecular weight excluding hydrogens is 412 g/mol. The van der Waals surface area contributed by atoms with Crippen molar-refractivity contribution in [2.24, 2.45) is 5.92 Å². The second-order valence-corrected chi connectivity index (χ2v) is 10.8. The van der Waals surface area contributed by atoms with Gasteiger partial charge >= 0.3 is 6.03 Å². The fourth-order valence-corrected chi connectivity index (χ4v) is 5.79. The van der Waals surface area contributed by atoms with Crippen LogP contribution in [0.2, 0.25) is 0 Å². The van der Waals surface area contributed by atoms with Crippen molar-refractivity contribution in [2.45, 2.75) is 69.7 Å². The fourth-order valence-electron chi connectivity index (χ4n) is 4.33. The molecule has 31 heavy (non-hydrogen) atoms. The van der Waals surface area contributed by atoms with Gasteiger partial charge in [-0.3, -0.25) is 4.98 Å². The largest absolute Gasteiger partial charge is 0.338 e. The predicted octanol–water partition coefficient (Wildman–Crippen LogP) is 3.74. The molecule has 168 valence electrons. The van der Waals surface area contributed by atoms with E-state index in [0.29, 0.717) is 29.3 Å². The molecule has 0 aliphatic heterocycles. The topological polar surface area (TPSA) is 100 Å². The van der Waals surface area contributed by atoms with Crippen LogP contribution >= 0.6 is 0 Å². The van der Waals surface area contributed by atoms with Gasteiger partial charge in [0, 0.05) is 41.7 Å². The Morgan fingerprint density at radius 2 is 1.97 bits per heavy atom. The van der Waals surface area contributed by atoms with Crippen molar-refractivity contribution >= 4 is 26.8 Å². The standard InChI is InChI=1S/C23H32N4O3S/c1-4-24-23(28)27-19-7-5-6-16-10-21(31(29,30)26-12-14(2)3)17-11-20(15-8-9-15)25-13-18(17)22(16)19/h10-11,13-15,19,26H,4-9,12H2,1-3H3,(H2,24,27,28). The third-order valence-electron chi connectivity index (χ3n) is 6.03. The molecule has 3 N–H and O–H groups in total. The molecule has 1 fully saturated rings. The Hall–Kier alpha value is -2.19. The fraction of sp³-hybridized carbons (Fsp3) is 0.565. The normalized spacial score (nSPS) is 18.8. The summed E-state index contributed by atoms with van der Waals surface area (Å²) in [6.45, 7) is 6.80. The Labute approximate surface area is 184 Å². The van der Waals surface area contributed by atoms with Gasteiger partial charge in [0.25, 0.3) is 0 Å². The van der Waals surface area contributed by atoms with Gasteiger partial charge in [-0.1, -0.05) is 13.8 Å². The van der Waals surface area contributed by atoms with Gasteiger partial charge in [0.1, 0.15) is 0 Å². The van der Waals surface area contributed by atoms with E-state index in [0.717, 1.165) is 54.3 Å². The van der Waals surface area contributed by atoms with E-state index in [1.807, 2.05) is 39.1 Å². The number of hydrogen-bond acceptors (Lipinski definition) is 4. The molecule has 0 spiro atoms. The molecule has 2 aliphatic rings. The minimum Gasteiger partial charge on any atom is -0.338 e. The van der Waals surface area contributed by atoms with Crippen LogP contribution in [0.1, 0.15) is 75.2 Å². The molecule has 1 saturated carbocycles. The lowest BCUT2D eigenvalue weighted by molar-refractivity contribution is 0.236. The highest BCUT2D eigenvalue weighted by atomic mass is 32.2. The number of carbonyl (C=O) groups is 1. The van der Waals surface area contributed by atoms with E-state index in [4.69, 9.17) is 0 Å². The van der Waals surface area contributed by atoms with Gasteiger partial charge in [-0.2, -0.15) is 0 Å². The highest BCUT2D eigenvalue weighted by Crippen LogP contribution is 2.43. The molecule has 1 aromatic carbocycles. The smallest absolute Gasteiger partial charge is 0.315 e. The number of carbonyl (C=O) groups excluding carboxylic acids is 1. The zero-order valence-electron chi connectivity index (χ0n) is 18.5. The molecular formula is C23H32N4O3S. The van der Waals surface area contributed by atoms with Crippen LogP contribution in [0.5, 0.6) is 0 Å². The maximum absolute atomic E-state index is 13.3. The van der Waals surface area contributed by atoms with E-state index in [9.17, 15) is 13.2 Å². The second-order valence-electron chi connectivity index (χ2n) is 9.07. The number of nitrogens with zero attached hydrogens (tertiary/aromatic N) is 1. The molecule has 4 rings (SSSR count). The number of aryl methyl sites for hydroxylation is 1. The molecule has 1 atom stereocenters. The van der Waals surface area contributed by atoms with E-state index in [-0.39, 0.29) is 18.0 Å². The molecule has 1 unspecified atom stereocenters. The van der Waals surface area contributed by atoms with Gasteiger partial charge in [0.2, 0.25) is 10.0 Å².